The van der Waals surface area contributed by atoms with Crippen LogP contribution < -0.4 is 11.3 Å². The van der Waals surface area contributed by atoms with E-state index in [1.807, 2.05) is 18.2 Å². The van der Waals surface area contributed by atoms with E-state index in [9.17, 15) is 0 Å². The molecule has 90 valence electrons. The van der Waals surface area contributed by atoms with Crippen molar-refractivity contribution in [1.82, 2.24) is 4.98 Å². The molecule has 0 radical (unpaired) electrons. The zero-order valence-corrected chi connectivity index (χ0v) is 11.9. The largest absolute Gasteiger partial charge is 0.323 e. The number of hydrazine groups is 1. The van der Waals surface area contributed by atoms with Gasteiger partial charge in [0.05, 0.1) is 16.2 Å². The monoisotopic (exact) mass is 313 g/mol. The van der Waals surface area contributed by atoms with E-state index < -0.39 is 0 Å². The SMILES string of the molecule is CC(C)c1cc(NN)c2cc(Br)cc(Cl)c2n1. The first kappa shape index (κ1) is 12.6. The van der Waals surface area contributed by atoms with Crippen molar-refractivity contribution < 1.29 is 0 Å². The summed E-state index contributed by atoms with van der Waals surface area (Å²) in [4.78, 5) is 4.58. The van der Waals surface area contributed by atoms with Gasteiger partial charge in [-0.3, -0.25) is 10.8 Å². The van der Waals surface area contributed by atoms with Crippen LogP contribution in [0.2, 0.25) is 5.02 Å². The molecule has 2 aromatic rings. The summed E-state index contributed by atoms with van der Waals surface area (Å²) < 4.78 is 0.908. The van der Waals surface area contributed by atoms with Gasteiger partial charge in [-0.1, -0.05) is 41.4 Å². The molecule has 0 atom stereocenters. The number of nitrogens with zero attached hydrogens (tertiary/aromatic N) is 1. The predicted octanol–water partition coefficient (Wildman–Crippen LogP) is 4.06. The van der Waals surface area contributed by atoms with Crippen LogP contribution in [0, 0.1) is 0 Å². The van der Waals surface area contributed by atoms with Gasteiger partial charge in [-0.15, -0.1) is 0 Å². The van der Waals surface area contributed by atoms with E-state index >= 15 is 0 Å². The first-order chi connectivity index (χ1) is 8.02. The van der Waals surface area contributed by atoms with Crippen LogP contribution in [0.3, 0.4) is 0 Å². The van der Waals surface area contributed by atoms with E-state index in [0.29, 0.717) is 10.9 Å². The third kappa shape index (κ3) is 2.39. The quantitative estimate of drug-likeness (QED) is 0.649. The number of aromatic nitrogens is 1. The molecule has 0 amide bonds. The van der Waals surface area contributed by atoms with Crippen molar-refractivity contribution in [2.45, 2.75) is 19.8 Å². The average molecular weight is 315 g/mol. The Hall–Kier alpha value is -0.840. The van der Waals surface area contributed by atoms with Gasteiger partial charge in [0, 0.05) is 15.6 Å². The van der Waals surface area contributed by atoms with E-state index in [-0.39, 0.29) is 0 Å². The Kier molecular flexibility index (Phi) is 3.56. The molecule has 1 aromatic carbocycles. The minimum Gasteiger partial charge on any atom is -0.323 e. The number of nitrogens with one attached hydrogen (secondary N) is 1. The normalized spacial score (nSPS) is 11.2. The fourth-order valence-corrected chi connectivity index (χ4v) is 2.54. The summed E-state index contributed by atoms with van der Waals surface area (Å²) in [6.07, 6.45) is 0. The second-order valence-electron chi connectivity index (χ2n) is 4.18. The molecule has 0 saturated heterocycles. The molecule has 0 fully saturated rings. The van der Waals surface area contributed by atoms with Crippen LogP contribution in [-0.4, -0.2) is 4.98 Å². The zero-order valence-electron chi connectivity index (χ0n) is 9.59. The van der Waals surface area contributed by atoms with Gasteiger partial charge in [0.15, 0.2) is 0 Å². The van der Waals surface area contributed by atoms with E-state index in [2.05, 4.69) is 40.2 Å². The minimum absolute atomic E-state index is 0.325. The molecule has 0 aliphatic carbocycles. The molecule has 0 saturated carbocycles. The van der Waals surface area contributed by atoms with Crippen LogP contribution in [0.1, 0.15) is 25.5 Å². The number of halogens is 2. The first-order valence-corrected chi connectivity index (χ1v) is 6.46. The summed E-state index contributed by atoms with van der Waals surface area (Å²) in [6.45, 7) is 4.17. The van der Waals surface area contributed by atoms with Gasteiger partial charge in [-0.25, -0.2) is 0 Å². The Balaban J connectivity index is 2.82. The highest BCUT2D eigenvalue weighted by Gasteiger charge is 2.11. The number of nitrogens with two attached hydrogens (primary N) is 1. The lowest BCUT2D eigenvalue weighted by molar-refractivity contribution is 0.830. The van der Waals surface area contributed by atoms with Gasteiger partial charge in [0.25, 0.3) is 0 Å². The van der Waals surface area contributed by atoms with Crippen molar-refractivity contribution in [3.05, 3.63) is 33.4 Å². The Morgan fingerprint density at radius 2 is 2.06 bits per heavy atom. The molecule has 3 N–H and O–H groups in total. The first-order valence-electron chi connectivity index (χ1n) is 5.29. The van der Waals surface area contributed by atoms with Crippen molar-refractivity contribution in [2.24, 2.45) is 5.84 Å². The van der Waals surface area contributed by atoms with Crippen molar-refractivity contribution in [1.29, 1.82) is 0 Å². The maximum Gasteiger partial charge on any atom is 0.0913 e. The number of rotatable bonds is 2. The summed E-state index contributed by atoms with van der Waals surface area (Å²) in [6, 6.07) is 5.74. The number of hydrogen-bond acceptors (Lipinski definition) is 3. The zero-order chi connectivity index (χ0) is 12.6. The molecule has 0 spiro atoms. The molecule has 1 heterocycles. The van der Waals surface area contributed by atoms with Gasteiger partial charge in [-0.2, -0.15) is 0 Å². The summed E-state index contributed by atoms with van der Waals surface area (Å²) in [5.41, 5.74) is 5.27. The third-order valence-corrected chi connectivity index (χ3v) is 3.34. The fraction of sp³-hybridized carbons (Fsp3) is 0.250. The van der Waals surface area contributed by atoms with Crippen molar-refractivity contribution >= 4 is 44.1 Å². The van der Waals surface area contributed by atoms with Crippen LogP contribution in [0.4, 0.5) is 5.69 Å². The molecular weight excluding hydrogens is 302 g/mol. The summed E-state index contributed by atoms with van der Waals surface area (Å²) >= 11 is 9.62. The molecule has 2 rings (SSSR count). The van der Waals surface area contributed by atoms with E-state index in [1.54, 1.807) is 0 Å². The number of nitrogen functional groups attached to an aromatic ring is 1. The average Bonchev–Trinajstić information content (AvgIpc) is 2.27. The Morgan fingerprint density at radius 1 is 1.35 bits per heavy atom. The van der Waals surface area contributed by atoms with Crippen molar-refractivity contribution in [2.75, 3.05) is 5.43 Å². The van der Waals surface area contributed by atoms with Gasteiger partial charge in [0.2, 0.25) is 0 Å². The smallest absolute Gasteiger partial charge is 0.0913 e. The highest BCUT2D eigenvalue weighted by molar-refractivity contribution is 9.10. The van der Waals surface area contributed by atoms with E-state index in [1.165, 1.54) is 0 Å². The maximum atomic E-state index is 6.21. The molecule has 0 unspecified atom stereocenters. The number of fused-ring (bicyclic) bond motifs is 1. The molecule has 3 nitrogen and oxygen atoms in total. The van der Waals surface area contributed by atoms with E-state index in [0.717, 1.165) is 26.8 Å². The lowest BCUT2D eigenvalue weighted by Gasteiger charge is -2.12. The molecule has 0 aliphatic heterocycles. The van der Waals surface area contributed by atoms with Crippen molar-refractivity contribution in [3.8, 4) is 0 Å². The molecule has 1 aromatic heterocycles. The highest BCUT2D eigenvalue weighted by Crippen LogP contribution is 2.33. The van der Waals surface area contributed by atoms with Gasteiger partial charge in [0.1, 0.15) is 0 Å². The number of hydrogen-bond donors (Lipinski definition) is 2. The minimum atomic E-state index is 0.325. The topological polar surface area (TPSA) is 50.9 Å². The Morgan fingerprint density at radius 3 is 2.65 bits per heavy atom. The van der Waals surface area contributed by atoms with Crippen LogP contribution in [0.5, 0.6) is 0 Å². The molecular formula is C12H13BrClN3. The lowest BCUT2D eigenvalue weighted by atomic mass is 10.1. The van der Waals surface area contributed by atoms with Crippen molar-refractivity contribution in [3.63, 3.8) is 0 Å². The Labute approximate surface area is 113 Å². The molecule has 0 bridgehead atoms. The van der Waals surface area contributed by atoms with Gasteiger partial charge in [-0.05, 0) is 24.1 Å². The fourth-order valence-electron chi connectivity index (χ4n) is 1.69. The number of anilines is 1. The highest BCUT2D eigenvalue weighted by atomic mass is 79.9. The molecule has 17 heavy (non-hydrogen) atoms. The predicted molar refractivity (Wildman–Crippen MR) is 76.4 cm³/mol. The number of pyridine rings is 1. The third-order valence-electron chi connectivity index (χ3n) is 2.60. The van der Waals surface area contributed by atoms with Crippen LogP contribution in [0.15, 0.2) is 22.7 Å². The molecule has 0 aliphatic rings. The van der Waals surface area contributed by atoms with Crippen LogP contribution >= 0.6 is 27.5 Å². The molecule has 5 heteroatoms. The second kappa shape index (κ2) is 4.80. The van der Waals surface area contributed by atoms with Gasteiger partial charge < -0.3 is 5.43 Å². The van der Waals surface area contributed by atoms with E-state index in [4.69, 9.17) is 17.4 Å². The van der Waals surface area contributed by atoms with Crippen LogP contribution in [-0.2, 0) is 0 Å². The summed E-state index contributed by atoms with van der Waals surface area (Å²) in [5.74, 6) is 5.87. The van der Waals surface area contributed by atoms with Gasteiger partial charge >= 0.3 is 0 Å². The summed E-state index contributed by atoms with van der Waals surface area (Å²) in [7, 11) is 0. The lowest BCUT2D eigenvalue weighted by Crippen LogP contribution is -2.09. The Bertz CT molecular complexity index is 569. The van der Waals surface area contributed by atoms with Crippen LogP contribution in [0.25, 0.3) is 10.9 Å². The summed E-state index contributed by atoms with van der Waals surface area (Å²) in [5, 5.41) is 1.53. The number of benzene rings is 1. The second-order valence-corrected chi connectivity index (χ2v) is 5.50. The maximum absolute atomic E-state index is 6.21. The standard InChI is InChI=1S/C12H13BrClN3/c1-6(2)10-5-11(17-15)8-3-7(13)4-9(14)12(8)16-10/h3-6H,15H2,1-2H3,(H,16,17).